The molecule has 110 valence electrons. The molecule has 0 heterocycles. The number of aliphatic hydroxyl groups excluding tert-OH is 1. The summed E-state index contributed by atoms with van der Waals surface area (Å²) in [6.07, 6.45) is 2.15. The summed E-state index contributed by atoms with van der Waals surface area (Å²) in [4.78, 5) is 24.3. The number of hydrogen-bond donors (Lipinski definition) is 3. The van der Waals surface area contributed by atoms with Crippen molar-refractivity contribution >= 4 is 12.0 Å². The Balaban J connectivity index is 2.31. The Bertz CT molecular complexity index is 310. The van der Waals surface area contributed by atoms with E-state index in [0.29, 0.717) is 26.0 Å². The van der Waals surface area contributed by atoms with Crippen molar-refractivity contribution in [3.63, 3.8) is 0 Å². The molecule has 1 saturated carbocycles. The number of rotatable bonds is 7. The molecular formula is C12H22N2O5. The molecule has 3 N–H and O–H groups in total. The van der Waals surface area contributed by atoms with Crippen LogP contribution < -0.4 is 5.32 Å². The molecule has 0 bridgehead atoms. The molecule has 2 amide bonds. The molecule has 0 aromatic rings. The lowest BCUT2D eigenvalue weighted by atomic mass is 10.0. The largest absolute Gasteiger partial charge is 0.481 e. The normalized spacial score (nSPS) is 22.2. The summed E-state index contributed by atoms with van der Waals surface area (Å²) in [7, 11) is 1.63. The molecule has 0 saturated heterocycles. The average Bonchev–Trinajstić information content (AvgIpc) is 2.82. The van der Waals surface area contributed by atoms with E-state index in [1.54, 1.807) is 7.05 Å². The van der Waals surface area contributed by atoms with Crippen LogP contribution in [0.15, 0.2) is 0 Å². The first kappa shape index (κ1) is 15.7. The third-order valence-corrected chi connectivity index (χ3v) is 3.30. The molecule has 19 heavy (non-hydrogen) atoms. The van der Waals surface area contributed by atoms with Gasteiger partial charge in [-0.25, -0.2) is 4.79 Å². The van der Waals surface area contributed by atoms with Crippen LogP contribution in [0, 0.1) is 5.92 Å². The monoisotopic (exact) mass is 274 g/mol. The quantitative estimate of drug-likeness (QED) is 0.563. The summed E-state index contributed by atoms with van der Waals surface area (Å²) < 4.78 is 5.07. The Morgan fingerprint density at radius 2 is 2.11 bits per heavy atom. The van der Waals surface area contributed by atoms with E-state index >= 15 is 0 Å². The number of carbonyl (C=O) groups is 2. The molecule has 7 nitrogen and oxygen atoms in total. The number of nitrogens with zero attached hydrogens (tertiary/aromatic N) is 1. The highest BCUT2D eigenvalue weighted by molar-refractivity contribution is 5.77. The van der Waals surface area contributed by atoms with Crippen LogP contribution in [-0.2, 0) is 9.53 Å². The highest BCUT2D eigenvalue weighted by Crippen LogP contribution is 2.25. The van der Waals surface area contributed by atoms with Crippen LogP contribution in [-0.4, -0.2) is 66.6 Å². The second kappa shape index (κ2) is 7.96. The van der Waals surface area contributed by atoms with Gasteiger partial charge < -0.3 is 25.2 Å². The number of ether oxygens (including phenoxy) is 1. The van der Waals surface area contributed by atoms with E-state index in [2.05, 4.69) is 5.32 Å². The van der Waals surface area contributed by atoms with E-state index in [1.165, 1.54) is 4.90 Å². The lowest BCUT2D eigenvalue weighted by Crippen LogP contribution is -2.46. The Morgan fingerprint density at radius 3 is 2.74 bits per heavy atom. The smallest absolute Gasteiger partial charge is 0.317 e. The van der Waals surface area contributed by atoms with Crippen molar-refractivity contribution in [2.24, 2.45) is 5.92 Å². The van der Waals surface area contributed by atoms with E-state index in [0.717, 1.165) is 6.42 Å². The highest BCUT2D eigenvalue weighted by atomic mass is 16.5. The number of likely N-dealkylation sites (N-methyl/N-ethyl adjacent to an activating group) is 1. The maximum Gasteiger partial charge on any atom is 0.317 e. The van der Waals surface area contributed by atoms with Crippen LogP contribution >= 0.6 is 0 Å². The van der Waals surface area contributed by atoms with E-state index in [-0.39, 0.29) is 25.3 Å². The summed E-state index contributed by atoms with van der Waals surface area (Å²) in [6, 6.07) is -0.573. The molecule has 0 spiro atoms. The molecule has 0 aromatic carbocycles. The Morgan fingerprint density at radius 1 is 1.37 bits per heavy atom. The van der Waals surface area contributed by atoms with Gasteiger partial charge in [0.05, 0.1) is 25.7 Å². The number of aliphatic hydroxyl groups is 1. The molecule has 7 heteroatoms. The summed E-state index contributed by atoms with van der Waals surface area (Å²) in [5.41, 5.74) is 0. The maximum atomic E-state index is 11.8. The highest BCUT2D eigenvalue weighted by Gasteiger charge is 2.34. The van der Waals surface area contributed by atoms with Gasteiger partial charge in [0.2, 0.25) is 0 Å². The first-order chi connectivity index (χ1) is 9.06. The number of carboxylic acids is 1. The summed E-state index contributed by atoms with van der Waals surface area (Å²) in [6.45, 7) is 0.950. The molecule has 1 aliphatic carbocycles. The zero-order valence-corrected chi connectivity index (χ0v) is 11.2. The van der Waals surface area contributed by atoms with Gasteiger partial charge in [0.25, 0.3) is 0 Å². The first-order valence-corrected chi connectivity index (χ1v) is 6.49. The second-order valence-corrected chi connectivity index (χ2v) is 4.69. The van der Waals surface area contributed by atoms with Gasteiger partial charge in [0.15, 0.2) is 0 Å². The van der Waals surface area contributed by atoms with Crippen molar-refractivity contribution in [3.05, 3.63) is 0 Å². The van der Waals surface area contributed by atoms with Crippen LogP contribution in [0.4, 0.5) is 4.79 Å². The van der Waals surface area contributed by atoms with Crippen LogP contribution in [0.3, 0.4) is 0 Å². The van der Waals surface area contributed by atoms with Gasteiger partial charge in [-0.05, 0) is 12.8 Å². The van der Waals surface area contributed by atoms with Gasteiger partial charge in [0, 0.05) is 19.6 Å². The molecular weight excluding hydrogens is 252 g/mol. The third-order valence-electron chi connectivity index (χ3n) is 3.30. The van der Waals surface area contributed by atoms with Crippen molar-refractivity contribution in [2.45, 2.75) is 25.3 Å². The number of urea groups is 1. The van der Waals surface area contributed by atoms with E-state index in [9.17, 15) is 9.59 Å². The van der Waals surface area contributed by atoms with Gasteiger partial charge in [-0.2, -0.15) is 0 Å². The van der Waals surface area contributed by atoms with Crippen molar-refractivity contribution < 1.29 is 24.5 Å². The number of carboxylic acid groups (broad SMARTS) is 1. The lowest BCUT2D eigenvalue weighted by molar-refractivity contribution is -0.142. The molecule has 0 aromatic heterocycles. The van der Waals surface area contributed by atoms with Crippen LogP contribution in [0.2, 0.25) is 0 Å². The molecule has 0 radical (unpaired) electrons. The Labute approximate surface area is 112 Å². The minimum atomic E-state index is -0.850. The molecule has 1 aliphatic rings. The van der Waals surface area contributed by atoms with Crippen molar-refractivity contribution in [2.75, 3.05) is 33.4 Å². The maximum absolute atomic E-state index is 11.8. The summed E-state index contributed by atoms with van der Waals surface area (Å²) >= 11 is 0. The number of hydrogen-bond acceptors (Lipinski definition) is 4. The summed E-state index contributed by atoms with van der Waals surface area (Å²) in [5, 5.41) is 20.3. The second-order valence-electron chi connectivity index (χ2n) is 4.69. The van der Waals surface area contributed by atoms with Crippen LogP contribution in [0.1, 0.15) is 19.3 Å². The third kappa shape index (κ3) is 5.04. The topological polar surface area (TPSA) is 99.1 Å². The van der Waals surface area contributed by atoms with Gasteiger partial charge >= 0.3 is 12.0 Å². The van der Waals surface area contributed by atoms with Crippen LogP contribution in [0.5, 0.6) is 0 Å². The Hall–Kier alpha value is -1.34. The zero-order valence-electron chi connectivity index (χ0n) is 11.2. The number of amides is 2. The van der Waals surface area contributed by atoms with Crippen LogP contribution in [0.25, 0.3) is 0 Å². The molecule has 2 atom stereocenters. The number of aliphatic carboxylic acids is 1. The molecule has 1 rings (SSSR count). The average molecular weight is 274 g/mol. The molecule has 1 fully saturated rings. The molecule has 0 aliphatic heterocycles. The van der Waals surface area contributed by atoms with Crippen molar-refractivity contribution in [1.29, 1.82) is 0 Å². The number of nitrogens with one attached hydrogen (secondary N) is 1. The minimum Gasteiger partial charge on any atom is -0.481 e. The Kier molecular flexibility index (Phi) is 6.58. The zero-order chi connectivity index (χ0) is 14.3. The minimum absolute atomic E-state index is 0.0434. The van der Waals surface area contributed by atoms with Crippen molar-refractivity contribution in [1.82, 2.24) is 10.2 Å². The first-order valence-electron chi connectivity index (χ1n) is 6.49. The fourth-order valence-corrected chi connectivity index (χ4v) is 2.17. The SMILES string of the molecule is CN(CCOCCO)C(=O)NC1CCCC1C(=O)O. The predicted octanol–water partition coefficient (Wildman–Crippen LogP) is -0.110. The van der Waals surface area contributed by atoms with Gasteiger partial charge in [-0.15, -0.1) is 0 Å². The predicted molar refractivity (Wildman–Crippen MR) is 67.8 cm³/mol. The summed E-state index contributed by atoms with van der Waals surface area (Å²) in [5.74, 6) is -1.33. The fraction of sp³-hybridized carbons (Fsp3) is 0.833. The van der Waals surface area contributed by atoms with Gasteiger partial charge in [-0.3, -0.25) is 4.79 Å². The van der Waals surface area contributed by atoms with E-state index in [1.807, 2.05) is 0 Å². The van der Waals surface area contributed by atoms with Gasteiger partial charge in [-0.1, -0.05) is 6.42 Å². The van der Waals surface area contributed by atoms with Gasteiger partial charge in [0.1, 0.15) is 0 Å². The van der Waals surface area contributed by atoms with Crippen molar-refractivity contribution in [3.8, 4) is 0 Å². The van der Waals surface area contributed by atoms with E-state index in [4.69, 9.17) is 14.9 Å². The fourth-order valence-electron chi connectivity index (χ4n) is 2.17. The number of carbonyl (C=O) groups excluding carboxylic acids is 1. The standard InChI is InChI=1S/C12H22N2O5/c1-14(5-7-19-8-6-15)12(18)13-10-4-2-3-9(10)11(16)17/h9-10,15H,2-8H2,1H3,(H,13,18)(H,16,17). The lowest BCUT2D eigenvalue weighted by Gasteiger charge is -2.23. The molecule has 2 unspecified atom stereocenters. The van der Waals surface area contributed by atoms with E-state index < -0.39 is 11.9 Å².